The Labute approximate surface area is 159 Å². The molecule has 2 aromatic rings. The van der Waals surface area contributed by atoms with E-state index in [4.69, 9.17) is 10.5 Å². The standard InChI is InChI=1S/C21H26N4O2/c1-13-5-6-15(10-17(13)19-23-7-4-8-24-19)18-14(2)9-16-11-21(18,12-27-3)25(16)20(22)26/h4-8,10,14,16,18H,9,11-12H2,1-3H3,(H2,22,26). The first kappa shape index (κ1) is 17.9. The molecule has 2 aliphatic heterocycles. The zero-order valence-electron chi connectivity index (χ0n) is 16.1. The number of aromatic nitrogens is 2. The number of rotatable bonds is 4. The van der Waals surface area contributed by atoms with Gasteiger partial charge in [0.15, 0.2) is 5.82 Å². The summed E-state index contributed by atoms with van der Waals surface area (Å²) in [6.45, 7) is 4.82. The highest BCUT2D eigenvalue weighted by Crippen LogP contribution is 2.57. The number of carbonyl (C=O) groups is 1. The van der Waals surface area contributed by atoms with Crippen LogP contribution in [-0.2, 0) is 4.74 Å². The average molecular weight is 366 g/mol. The number of primary amides is 1. The van der Waals surface area contributed by atoms with Crippen LogP contribution in [0.2, 0.25) is 0 Å². The molecule has 4 unspecified atom stereocenters. The lowest BCUT2D eigenvalue weighted by Crippen LogP contribution is -2.77. The third-order valence-corrected chi connectivity index (χ3v) is 6.28. The number of amides is 2. The summed E-state index contributed by atoms with van der Waals surface area (Å²) in [4.78, 5) is 22.9. The van der Waals surface area contributed by atoms with Gasteiger partial charge >= 0.3 is 6.03 Å². The molecule has 1 aliphatic carbocycles. The van der Waals surface area contributed by atoms with Crippen molar-refractivity contribution in [2.75, 3.05) is 13.7 Å². The Balaban J connectivity index is 1.80. The van der Waals surface area contributed by atoms with Gasteiger partial charge in [0.25, 0.3) is 0 Å². The van der Waals surface area contributed by atoms with E-state index in [1.807, 2.05) is 11.0 Å². The largest absolute Gasteiger partial charge is 0.382 e. The minimum absolute atomic E-state index is 0.165. The Kier molecular flexibility index (Phi) is 4.38. The second-order valence-corrected chi connectivity index (χ2v) is 7.94. The van der Waals surface area contributed by atoms with Crippen LogP contribution in [0.1, 0.15) is 36.8 Å². The molecule has 6 heteroatoms. The number of piperidine rings is 1. The number of methoxy groups -OCH3 is 1. The van der Waals surface area contributed by atoms with Gasteiger partial charge < -0.3 is 15.4 Å². The van der Waals surface area contributed by atoms with E-state index in [0.29, 0.717) is 12.5 Å². The van der Waals surface area contributed by atoms with Crippen molar-refractivity contribution < 1.29 is 9.53 Å². The predicted octanol–water partition coefficient (Wildman–Crippen LogP) is 3.11. The van der Waals surface area contributed by atoms with Crippen molar-refractivity contribution >= 4 is 6.03 Å². The van der Waals surface area contributed by atoms with Crippen LogP contribution >= 0.6 is 0 Å². The fraction of sp³-hybridized carbons (Fsp3) is 0.476. The van der Waals surface area contributed by atoms with Gasteiger partial charge in [-0.05, 0) is 48.9 Å². The number of urea groups is 1. The smallest absolute Gasteiger partial charge is 0.315 e. The summed E-state index contributed by atoms with van der Waals surface area (Å²) in [5.41, 5.74) is 8.73. The molecule has 6 nitrogen and oxygen atoms in total. The molecular formula is C21H26N4O2. The normalized spacial score (nSPS) is 29.3. The Morgan fingerprint density at radius 1 is 1.37 bits per heavy atom. The van der Waals surface area contributed by atoms with E-state index in [9.17, 15) is 4.79 Å². The van der Waals surface area contributed by atoms with Gasteiger partial charge in [-0.2, -0.15) is 0 Å². The first-order valence-corrected chi connectivity index (χ1v) is 9.43. The van der Waals surface area contributed by atoms with Gasteiger partial charge in [-0.25, -0.2) is 14.8 Å². The highest BCUT2D eigenvalue weighted by atomic mass is 16.5. The van der Waals surface area contributed by atoms with E-state index in [-0.39, 0.29) is 23.5 Å². The Morgan fingerprint density at radius 2 is 2.11 bits per heavy atom. The fourth-order valence-corrected chi connectivity index (χ4v) is 5.43. The monoisotopic (exact) mass is 366 g/mol. The molecule has 2 saturated heterocycles. The molecule has 4 atom stereocenters. The second-order valence-electron chi connectivity index (χ2n) is 7.94. The van der Waals surface area contributed by atoms with E-state index in [1.54, 1.807) is 19.5 Å². The molecule has 2 bridgehead atoms. The van der Waals surface area contributed by atoms with Gasteiger partial charge in [-0.15, -0.1) is 0 Å². The number of hydrogen-bond donors (Lipinski definition) is 1. The molecule has 142 valence electrons. The van der Waals surface area contributed by atoms with Crippen LogP contribution in [0.5, 0.6) is 0 Å². The van der Waals surface area contributed by atoms with Crippen LogP contribution in [0.15, 0.2) is 36.7 Å². The van der Waals surface area contributed by atoms with E-state index in [1.165, 1.54) is 5.56 Å². The Morgan fingerprint density at radius 3 is 2.78 bits per heavy atom. The lowest BCUT2D eigenvalue weighted by Gasteiger charge is -2.66. The number of benzene rings is 1. The summed E-state index contributed by atoms with van der Waals surface area (Å²) in [6.07, 6.45) is 5.42. The molecule has 3 heterocycles. The number of nitrogens with two attached hydrogens (primary N) is 1. The van der Waals surface area contributed by atoms with Gasteiger partial charge in [0.2, 0.25) is 0 Å². The lowest BCUT2D eigenvalue weighted by atomic mass is 9.56. The maximum absolute atomic E-state index is 12.2. The van der Waals surface area contributed by atoms with Crippen LogP contribution in [0.4, 0.5) is 4.79 Å². The minimum atomic E-state index is -0.368. The quantitative estimate of drug-likeness (QED) is 0.901. The molecule has 1 aromatic heterocycles. The van der Waals surface area contributed by atoms with Crippen molar-refractivity contribution in [1.29, 1.82) is 0 Å². The zero-order valence-corrected chi connectivity index (χ0v) is 16.1. The predicted molar refractivity (Wildman–Crippen MR) is 103 cm³/mol. The van der Waals surface area contributed by atoms with Crippen LogP contribution < -0.4 is 5.73 Å². The minimum Gasteiger partial charge on any atom is -0.382 e. The summed E-state index contributed by atoms with van der Waals surface area (Å²) in [6, 6.07) is 8.16. The average Bonchev–Trinajstić information content (AvgIpc) is 2.62. The van der Waals surface area contributed by atoms with Crippen LogP contribution in [0.25, 0.3) is 11.4 Å². The summed E-state index contributed by atoms with van der Waals surface area (Å²) in [5, 5.41) is 0. The van der Waals surface area contributed by atoms with Gasteiger partial charge in [0, 0.05) is 37.0 Å². The summed E-state index contributed by atoms with van der Waals surface area (Å²) < 4.78 is 5.57. The number of aryl methyl sites for hydroxylation is 1. The molecule has 2 N–H and O–H groups in total. The third kappa shape index (κ3) is 2.70. The topological polar surface area (TPSA) is 81.3 Å². The molecule has 1 aromatic carbocycles. The lowest BCUT2D eigenvalue weighted by molar-refractivity contribution is -0.139. The summed E-state index contributed by atoms with van der Waals surface area (Å²) >= 11 is 0. The number of carbonyl (C=O) groups excluding carboxylic acids is 1. The highest BCUT2D eigenvalue weighted by molar-refractivity contribution is 5.75. The highest BCUT2D eigenvalue weighted by Gasteiger charge is 2.63. The van der Waals surface area contributed by atoms with Crippen molar-refractivity contribution in [3.63, 3.8) is 0 Å². The molecule has 5 rings (SSSR count). The van der Waals surface area contributed by atoms with Crippen molar-refractivity contribution in [2.45, 2.75) is 44.2 Å². The van der Waals surface area contributed by atoms with Crippen LogP contribution in [0.3, 0.4) is 0 Å². The summed E-state index contributed by atoms with van der Waals surface area (Å²) in [5.74, 6) is 1.32. The Hall–Kier alpha value is -2.47. The van der Waals surface area contributed by atoms with Gasteiger partial charge in [-0.1, -0.05) is 19.1 Å². The van der Waals surface area contributed by atoms with E-state index < -0.39 is 0 Å². The zero-order chi connectivity index (χ0) is 19.2. The van der Waals surface area contributed by atoms with E-state index in [2.05, 4.69) is 42.0 Å². The molecule has 27 heavy (non-hydrogen) atoms. The first-order valence-electron chi connectivity index (χ1n) is 9.43. The maximum atomic E-state index is 12.2. The molecular weight excluding hydrogens is 340 g/mol. The number of ether oxygens (including phenoxy) is 1. The Bertz CT molecular complexity index is 853. The van der Waals surface area contributed by atoms with E-state index in [0.717, 1.165) is 29.8 Å². The van der Waals surface area contributed by atoms with Gasteiger partial charge in [0.1, 0.15) is 0 Å². The van der Waals surface area contributed by atoms with Gasteiger partial charge in [0.05, 0.1) is 12.1 Å². The van der Waals surface area contributed by atoms with Crippen molar-refractivity contribution in [3.05, 3.63) is 47.8 Å². The SMILES string of the molecule is COCC12CC(CC(C)C1c1ccc(C)c(-c3ncccn3)c1)N2C(N)=O. The van der Waals surface area contributed by atoms with Crippen molar-refractivity contribution in [3.8, 4) is 11.4 Å². The molecule has 3 fully saturated rings. The number of nitrogens with zero attached hydrogens (tertiary/aromatic N) is 3. The molecule has 1 saturated carbocycles. The van der Waals surface area contributed by atoms with Crippen molar-refractivity contribution in [2.24, 2.45) is 11.7 Å². The van der Waals surface area contributed by atoms with Crippen molar-refractivity contribution in [1.82, 2.24) is 14.9 Å². The fourth-order valence-electron chi connectivity index (χ4n) is 5.43. The van der Waals surface area contributed by atoms with Crippen LogP contribution in [0, 0.1) is 12.8 Å². The first-order chi connectivity index (χ1) is 13.0. The van der Waals surface area contributed by atoms with Gasteiger partial charge in [-0.3, -0.25) is 0 Å². The molecule has 0 spiro atoms. The maximum Gasteiger partial charge on any atom is 0.315 e. The summed E-state index contributed by atoms with van der Waals surface area (Å²) in [7, 11) is 1.69. The molecule has 0 radical (unpaired) electrons. The third-order valence-electron chi connectivity index (χ3n) is 6.28. The number of hydrogen-bond acceptors (Lipinski definition) is 4. The van der Waals surface area contributed by atoms with Crippen LogP contribution in [-0.4, -0.2) is 46.2 Å². The second kappa shape index (κ2) is 6.60. The molecule has 3 aliphatic rings. The van der Waals surface area contributed by atoms with E-state index >= 15 is 0 Å². The molecule has 2 amide bonds. The number of fused-ring (bicyclic) bond motifs is 2.